The zero-order valence-corrected chi connectivity index (χ0v) is 31.7. The minimum absolute atomic E-state index is 0.324. The van der Waals surface area contributed by atoms with Gasteiger partial charge < -0.3 is 0 Å². The van der Waals surface area contributed by atoms with Crippen molar-refractivity contribution in [3.05, 3.63) is 36.2 Å². The first-order valence-corrected chi connectivity index (χ1v) is 21.1. The van der Waals surface area contributed by atoms with E-state index in [2.05, 4.69) is 60.2 Å². The van der Waals surface area contributed by atoms with Gasteiger partial charge in [0.2, 0.25) is 0 Å². The Morgan fingerprint density at radius 2 is 0.872 bits per heavy atom. The van der Waals surface area contributed by atoms with Gasteiger partial charge in [0.05, 0.1) is 0 Å². The first kappa shape index (κ1) is 39.1. The summed E-state index contributed by atoms with van der Waals surface area (Å²) >= 11 is 9.28. The van der Waals surface area contributed by atoms with Crippen molar-refractivity contribution >= 4 is 69.7 Å². The Labute approximate surface area is 303 Å². The molecule has 0 aromatic carbocycles. The Hall–Kier alpha value is -2.34. The quantitative estimate of drug-likeness (QED) is 0.0588. The lowest BCUT2D eigenvalue weighted by atomic mass is 10.1. The second-order valence-electron chi connectivity index (χ2n) is 10.1. The molecule has 0 N–H and O–H groups in total. The van der Waals surface area contributed by atoms with Gasteiger partial charge in [-0.05, 0) is 36.4 Å². The van der Waals surface area contributed by atoms with Crippen LogP contribution in [0.5, 0.6) is 0 Å². The number of hydrogen-bond donors (Lipinski definition) is 0. The highest BCUT2D eigenvalue weighted by atomic mass is 32.2. The molecule has 4 aromatic rings. The number of rotatable bonds is 21. The fraction of sp³-hybridized carbons (Fsp3) is 0.548. The molecule has 47 heavy (non-hydrogen) atoms. The van der Waals surface area contributed by atoms with E-state index in [1.807, 2.05) is 6.07 Å². The molecule has 0 atom stereocenters. The van der Waals surface area contributed by atoms with Crippen LogP contribution in [0, 0.1) is 22.7 Å². The first-order valence-electron chi connectivity index (χ1n) is 15.9. The Balaban J connectivity index is 0.000000267. The van der Waals surface area contributed by atoms with Gasteiger partial charge >= 0.3 is 0 Å². The van der Waals surface area contributed by atoms with E-state index in [-0.39, 0.29) is 0 Å². The maximum Gasteiger partial charge on any atom is 0.181 e. The molecule has 0 amide bonds. The van der Waals surface area contributed by atoms with E-state index in [1.54, 1.807) is 47.3 Å². The van der Waals surface area contributed by atoms with Crippen LogP contribution in [0.4, 0.5) is 0 Å². The molecule has 0 spiro atoms. The highest BCUT2D eigenvalue weighted by Gasteiger charge is 2.12. The summed E-state index contributed by atoms with van der Waals surface area (Å²) in [5.41, 5.74) is 0.655. The Morgan fingerprint density at radius 3 is 1.32 bits per heavy atom. The molecule has 0 aliphatic rings. The summed E-state index contributed by atoms with van der Waals surface area (Å²) in [6, 6.07) is 4.08. The minimum Gasteiger partial charge on any atom is -0.245 e. The van der Waals surface area contributed by atoms with E-state index < -0.39 is 0 Å². The molecule has 10 nitrogen and oxygen atoms in total. The minimum atomic E-state index is 0.324. The fourth-order valence-corrected chi connectivity index (χ4v) is 9.99. The molecule has 16 heteroatoms. The summed E-state index contributed by atoms with van der Waals surface area (Å²) in [7, 11) is 0. The van der Waals surface area contributed by atoms with Crippen molar-refractivity contribution in [2.75, 3.05) is 11.5 Å². The number of hydrogen-bond acceptors (Lipinski definition) is 16. The SMILES string of the molecule is CCCCCCCCCCCCSc1nnc(Sc2nccnc2C#N)s1.CCCCCSc1nnc(Sc2nccnc2C#N)s1. The molecule has 4 heterocycles. The molecule has 0 aliphatic heterocycles. The molecule has 0 aliphatic carbocycles. The molecule has 4 aromatic heterocycles. The standard InChI is InChI=1S/C19H27N5S3.C12H13N5S3/c1-2-3-4-5-6-7-8-9-10-11-14-25-18-23-24-19(27-18)26-17-16(15-20)21-12-13-22-17;1-2-3-4-7-18-11-16-17-12(20-11)19-10-9(8-13)14-5-6-15-10/h12-13H,2-11,14H2,1H3;5-6H,2-4,7H2,1H3. The van der Waals surface area contributed by atoms with Crippen LogP contribution in [0.25, 0.3) is 0 Å². The van der Waals surface area contributed by atoms with Gasteiger partial charge in [0.15, 0.2) is 28.7 Å². The van der Waals surface area contributed by atoms with E-state index in [0.29, 0.717) is 21.4 Å². The molecular weight excluding hydrogens is 705 g/mol. The Kier molecular flexibility index (Phi) is 20.6. The van der Waals surface area contributed by atoms with Crippen molar-refractivity contribution in [1.29, 1.82) is 10.5 Å². The van der Waals surface area contributed by atoms with E-state index in [0.717, 1.165) is 28.9 Å². The molecule has 0 unspecified atom stereocenters. The maximum absolute atomic E-state index is 9.07. The summed E-state index contributed by atoms with van der Waals surface area (Å²) in [6.07, 6.45) is 23.4. The van der Waals surface area contributed by atoms with Crippen LogP contribution < -0.4 is 0 Å². The molecule has 0 radical (unpaired) electrons. The van der Waals surface area contributed by atoms with E-state index in [1.165, 1.54) is 131 Å². The zero-order valence-electron chi connectivity index (χ0n) is 26.8. The molecule has 0 saturated heterocycles. The van der Waals surface area contributed by atoms with Gasteiger partial charge in [-0.1, -0.05) is 131 Å². The molecule has 0 bridgehead atoms. The summed E-state index contributed by atoms with van der Waals surface area (Å²) in [6.45, 7) is 4.46. The van der Waals surface area contributed by atoms with Crippen LogP contribution in [0.15, 0.2) is 52.2 Å². The highest BCUT2D eigenvalue weighted by Crippen LogP contribution is 2.35. The normalized spacial score (nSPS) is 10.6. The Morgan fingerprint density at radius 1 is 0.511 bits per heavy atom. The summed E-state index contributed by atoms with van der Waals surface area (Å²) in [5.74, 6) is 2.16. The predicted octanol–water partition coefficient (Wildman–Crippen LogP) is 10.00. The van der Waals surface area contributed by atoms with Gasteiger partial charge in [0.1, 0.15) is 22.2 Å². The predicted molar refractivity (Wildman–Crippen MR) is 194 cm³/mol. The molecule has 0 fully saturated rings. The van der Waals surface area contributed by atoms with Crippen LogP contribution >= 0.6 is 69.7 Å². The lowest BCUT2D eigenvalue weighted by molar-refractivity contribution is 0.563. The van der Waals surface area contributed by atoms with Crippen molar-refractivity contribution in [3.63, 3.8) is 0 Å². The molecular formula is C31H40N10S6. The monoisotopic (exact) mass is 744 g/mol. The second kappa shape index (κ2) is 24.7. The lowest BCUT2D eigenvalue weighted by Gasteiger charge is -2.01. The van der Waals surface area contributed by atoms with Gasteiger partial charge in [-0.3, -0.25) is 0 Å². The second-order valence-corrected chi connectivity index (χ2v) is 17.2. The van der Waals surface area contributed by atoms with Gasteiger partial charge in [-0.2, -0.15) is 10.5 Å². The van der Waals surface area contributed by atoms with E-state index >= 15 is 0 Å². The van der Waals surface area contributed by atoms with Crippen molar-refractivity contribution in [3.8, 4) is 12.1 Å². The van der Waals surface area contributed by atoms with Crippen LogP contribution in [-0.4, -0.2) is 51.8 Å². The smallest absolute Gasteiger partial charge is 0.181 e. The zero-order chi connectivity index (χ0) is 33.4. The largest absolute Gasteiger partial charge is 0.245 e. The Bertz CT molecular complexity index is 1520. The number of nitriles is 2. The van der Waals surface area contributed by atoms with Crippen molar-refractivity contribution in [1.82, 2.24) is 40.3 Å². The van der Waals surface area contributed by atoms with Gasteiger partial charge in [0, 0.05) is 36.3 Å². The van der Waals surface area contributed by atoms with Crippen LogP contribution in [0.1, 0.15) is 109 Å². The van der Waals surface area contributed by atoms with Crippen molar-refractivity contribution in [2.45, 2.75) is 125 Å². The number of thioether (sulfide) groups is 2. The van der Waals surface area contributed by atoms with Gasteiger partial charge in [-0.15, -0.1) is 20.4 Å². The number of aromatic nitrogens is 8. The van der Waals surface area contributed by atoms with Crippen molar-refractivity contribution < 1.29 is 0 Å². The lowest BCUT2D eigenvalue weighted by Crippen LogP contribution is -1.89. The number of nitrogens with zero attached hydrogens (tertiary/aromatic N) is 10. The third-order valence-corrected chi connectivity index (χ3v) is 12.8. The summed E-state index contributed by atoms with van der Waals surface area (Å²) in [4.78, 5) is 16.3. The van der Waals surface area contributed by atoms with Gasteiger partial charge in [0.25, 0.3) is 0 Å². The number of unbranched alkanes of at least 4 members (excludes halogenated alkanes) is 11. The highest BCUT2D eigenvalue weighted by molar-refractivity contribution is 8.03. The molecule has 0 saturated carbocycles. The average Bonchev–Trinajstić information content (AvgIpc) is 3.75. The topological polar surface area (TPSA) is 151 Å². The fourth-order valence-electron chi connectivity index (χ4n) is 3.97. The average molecular weight is 745 g/mol. The van der Waals surface area contributed by atoms with E-state index in [4.69, 9.17) is 10.5 Å². The third-order valence-electron chi connectivity index (χ3n) is 6.38. The van der Waals surface area contributed by atoms with Crippen LogP contribution in [-0.2, 0) is 0 Å². The van der Waals surface area contributed by atoms with E-state index in [9.17, 15) is 0 Å². The van der Waals surface area contributed by atoms with Gasteiger partial charge in [-0.25, -0.2) is 19.9 Å². The maximum atomic E-state index is 9.07. The van der Waals surface area contributed by atoms with Crippen molar-refractivity contribution in [2.24, 2.45) is 0 Å². The molecule has 250 valence electrons. The summed E-state index contributed by atoms with van der Waals surface area (Å²) in [5, 5.41) is 35.9. The van der Waals surface area contributed by atoms with Crippen LogP contribution in [0.3, 0.4) is 0 Å². The third kappa shape index (κ3) is 16.1. The summed E-state index contributed by atoms with van der Waals surface area (Å²) < 4.78 is 3.54. The first-order chi connectivity index (χ1) is 23.2. The van der Waals surface area contributed by atoms with Crippen LogP contribution in [0.2, 0.25) is 0 Å². The molecule has 4 rings (SSSR count).